The molecule has 0 saturated heterocycles. The van der Waals surface area contributed by atoms with Crippen molar-refractivity contribution in [3.8, 4) is 0 Å². The van der Waals surface area contributed by atoms with Gasteiger partial charge in [-0.05, 0) is 34.0 Å². The number of hydrogen-bond donors (Lipinski definition) is 0. The first-order valence-electron chi connectivity index (χ1n) is 13.9. The Balaban J connectivity index is 0. The van der Waals surface area contributed by atoms with Gasteiger partial charge in [0.1, 0.15) is 0 Å². The van der Waals surface area contributed by atoms with Crippen LogP contribution in [0.2, 0.25) is 0 Å². The van der Waals surface area contributed by atoms with E-state index in [4.69, 9.17) is 11.1 Å². The van der Waals surface area contributed by atoms with Crippen LogP contribution in [0.3, 0.4) is 0 Å². The average Bonchev–Trinajstić information content (AvgIpc) is 2.83. The Bertz CT molecular complexity index is 896. The summed E-state index contributed by atoms with van der Waals surface area (Å²) in [6.45, 7) is 28.2. The molecule has 0 heterocycles. The minimum atomic E-state index is 0.262. The van der Waals surface area contributed by atoms with Crippen molar-refractivity contribution < 1.29 is 17.9 Å². The molecule has 6 heteroatoms. The summed E-state index contributed by atoms with van der Waals surface area (Å²) in [4.78, 5) is 1.50. The first-order chi connectivity index (χ1) is 18.3. The minimum absolute atomic E-state index is 0.262. The Kier molecular flexibility index (Phi) is 23.9. The van der Waals surface area contributed by atoms with E-state index in [-0.39, 0.29) is 15.8 Å². The molecule has 2 aromatic carbocycles. The third-order valence-electron chi connectivity index (χ3n) is 5.87. The van der Waals surface area contributed by atoms with Crippen LogP contribution in [-0.4, -0.2) is 38.2 Å². The van der Waals surface area contributed by atoms with E-state index in [1.54, 1.807) is 0 Å². The summed E-state index contributed by atoms with van der Waals surface area (Å²) in [5.41, 5.74) is 25.4. The van der Waals surface area contributed by atoms with E-state index in [2.05, 4.69) is 135 Å². The van der Waals surface area contributed by atoms with Crippen LogP contribution in [0.15, 0.2) is 66.4 Å². The van der Waals surface area contributed by atoms with E-state index in [1.165, 1.54) is 4.91 Å². The molecule has 0 fully saturated rings. The van der Waals surface area contributed by atoms with Crippen molar-refractivity contribution in [2.24, 2.45) is 0 Å². The van der Waals surface area contributed by atoms with Crippen molar-refractivity contribution in [2.75, 3.05) is 0 Å². The maximum absolute atomic E-state index is 6.75. The molecule has 0 saturated carbocycles. The van der Waals surface area contributed by atoms with Gasteiger partial charge in [0.2, 0.25) is 0 Å². The van der Waals surface area contributed by atoms with E-state index in [9.17, 15) is 0 Å². The van der Waals surface area contributed by atoms with Gasteiger partial charge in [0, 0.05) is 0 Å². The molecule has 2 aromatic rings. The van der Waals surface area contributed by atoms with Gasteiger partial charge in [-0.1, -0.05) is 98.9 Å². The molecule has 0 atom stereocenters. The van der Waals surface area contributed by atoms with Crippen molar-refractivity contribution >= 4 is 25.7 Å². The van der Waals surface area contributed by atoms with Crippen LogP contribution in [0.5, 0.6) is 0 Å². The first kappa shape index (κ1) is 39.8. The zero-order valence-electron chi connectivity index (χ0n) is 26.3. The third kappa shape index (κ3) is 17.9. The molecule has 0 aliphatic rings. The summed E-state index contributed by atoms with van der Waals surface area (Å²) >= 11 is 2.63. The summed E-state index contributed by atoms with van der Waals surface area (Å²) in [7, 11) is 0.525. The molecule has 0 spiro atoms. The van der Waals surface area contributed by atoms with Crippen molar-refractivity contribution in [3.63, 3.8) is 0 Å². The fourth-order valence-corrected chi connectivity index (χ4v) is 12.5. The van der Waals surface area contributed by atoms with Gasteiger partial charge in [0.25, 0.3) is 0 Å². The van der Waals surface area contributed by atoms with Crippen molar-refractivity contribution in [2.45, 2.75) is 117 Å². The van der Waals surface area contributed by atoms with Crippen molar-refractivity contribution in [3.05, 3.63) is 93.5 Å². The van der Waals surface area contributed by atoms with E-state index < -0.39 is 0 Å². The molecule has 2 rings (SSSR count). The second-order valence-electron chi connectivity index (χ2n) is 10.9. The predicted octanol–water partition coefficient (Wildman–Crippen LogP) is 11.5. The van der Waals surface area contributed by atoms with Crippen LogP contribution >= 0.6 is 15.8 Å². The van der Waals surface area contributed by atoms with Gasteiger partial charge in [-0.2, -0.15) is 0 Å². The zero-order chi connectivity index (χ0) is 30.5. The number of rotatable bonds is 8. The second-order valence-corrected chi connectivity index (χ2v) is 19.3. The van der Waals surface area contributed by atoms with E-state index in [1.807, 2.05) is 36.4 Å². The van der Waals surface area contributed by atoms with Gasteiger partial charge in [-0.3, -0.25) is 4.91 Å². The van der Waals surface area contributed by atoms with Crippen LogP contribution in [0.4, 0.5) is 0 Å². The normalized spacial score (nSPS) is 10.4. The van der Waals surface area contributed by atoms with Crippen LogP contribution in [0, 0.1) is 0 Å². The fourth-order valence-electron chi connectivity index (χ4n) is 5.14. The predicted molar refractivity (Wildman–Crippen MR) is 179 cm³/mol. The molecule has 0 bridgehead atoms. The quantitative estimate of drug-likeness (QED) is 0.0679. The average molecular weight is 656 g/mol. The number of hydrogen-bond acceptors (Lipinski definition) is 0. The van der Waals surface area contributed by atoms with Crippen LogP contribution in [0.25, 0.3) is 21.5 Å². The standard InChI is InChI=1S/C15H10.2C9H21P.N3.Rh/c1-2-15(13-9-5-3-6-10-13)14-11-7-4-8-12-14;2*1-7(2)10(8(3)4)9(5)6;1-3-2;/h3-12H;2*7-9H,1-6H3;;/q;;;-1;. The Hall–Kier alpha value is -1.34. The van der Waals surface area contributed by atoms with Gasteiger partial charge >= 0.3 is 105 Å². The molecular weight excluding hydrogens is 603 g/mol. The summed E-state index contributed by atoms with van der Waals surface area (Å²) in [6.07, 6.45) is 0. The molecule has 3 nitrogen and oxygen atoms in total. The van der Waals surface area contributed by atoms with Gasteiger partial charge in [-0.15, -0.1) is 0 Å². The van der Waals surface area contributed by atoms with Crippen LogP contribution < -0.4 is 0 Å². The maximum atomic E-state index is 6.75. The molecule has 0 aromatic heterocycles. The van der Waals surface area contributed by atoms with Gasteiger partial charge in [0.15, 0.2) is 0 Å². The molecule has 219 valence electrons. The Morgan fingerprint density at radius 1 is 0.564 bits per heavy atom. The molecule has 0 amide bonds. The Morgan fingerprint density at radius 2 is 0.795 bits per heavy atom. The Labute approximate surface area is 253 Å². The molecule has 0 aliphatic heterocycles. The van der Waals surface area contributed by atoms with Gasteiger partial charge in [-0.25, -0.2) is 0 Å². The molecule has 0 N–H and O–H groups in total. The van der Waals surface area contributed by atoms with E-state index in [0.29, 0.717) is 0 Å². The summed E-state index contributed by atoms with van der Waals surface area (Å²) in [5, 5.41) is 0. The van der Waals surface area contributed by atoms with Crippen LogP contribution in [-0.2, 0) is 17.9 Å². The second kappa shape index (κ2) is 23.4. The topological polar surface area (TPSA) is 58.7 Å². The Morgan fingerprint density at radius 3 is 0.949 bits per heavy atom. The third-order valence-corrected chi connectivity index (χ3v) is 13.2. The molecule has 0 aliphatic carbocycles. The van der Waals surface area contributed by atoms with Gasteiger partial charge < -0.3 is 11.1 Å². The van der Waals surface area contributed by atoms with Gasteiger partial charge in [0.05, 0.1) is 0 Å². The molecule has 0 unspecified atom stereocenters. The fraction of sp³-hybridized carbons (Fsp3) is 0.545. The van der Waals surface area contributed by atoms with E-state index >= 15 is 0 Å². The zero-order valence-corrected chi connectivity index (χ0v) is 29.7. The van der Waals surface area contributed by atoms with Crippen LogP contribution in [0.1, 0.15) is 94.2 Å². The number of nitrogens with zero attached hydrogens (tertiary/aromatic N) is 3. The summed E-state index contributed by atoms with van der Waals surface area (Å²) in [5.74, 6) is 0. The number of benzene rings is 2. The van der Waals surface area contributed by atoms with Crippen molar-refractivity contribution in [1.82, 2.24) is 0 Å². The van der Waals surface area contributed by atoms with Crippen molar-refractivity contribution in [1.29, 1.82) is 0 Å². The van der Waals surface area contributed by atoms with E-state index in [0.717, 1.165) is 50.7 Å². The molecule has 0 radical (unpaired) electrons. The molecule has 39 heavy (non-hydrogen) atoms. The summed E-state index contributed by atoms with van der Waals surface area (Å²) < 4.78 is 2.87. The monoisotopic (exact) mass is 655 g/mol. The first-order valence-corrected chi connectivity index (χ1v) is 17.8. The molecular formula is C33H52N3P2Rh-. The SMILES string of the molecule is CC(C)P(C(C)C)C(C)C.CC(C)P(C(C)C)C(C)C.[N-]=[N+]=[N-].[Rh]=[C]=C=C(c1ccccc1)c1ccccc1. The summed E-state index contributed by atoms with van der Waals surface area (Å²) in [6, 6.07) is 20.4.